The molecule has 3 rings (SSSR count). The van der Waals surface area contributed by atoms with Gasteiger partial charge < -0.3 is 15.4 Å². The first kappa shape index (κ1) is 19.0. The molecule has 0 aliphatic carbocycles. The lowest BCUT2D eigenvalue weighted by molar-refractivity contribution is -0.112. The average molecular weight is 390 g/mol. The minimum atomic E-state index is -0.513. The quantitative estimate of drug-likeness (QED) is 0.425. The zero-order valence-corrected chi connectivity index (χ0v) is 15.5. The number of hydrogen-bond donors (Lipinski definition) is 2. The van der Waals surface area contributed by atoms with Gasteiger partial charge in [0.1, 0.15) is 23.1 Å². The van der Waals surface area contributed by atoms with E-state index in [9.17, 15) is 10.1 Å². The number of benzene rings is 3. The van der Waals surface area contributed by atoms with Gasteiger partial charge in [0.15, 0.2) is 0 Å². The topological polar surface area (TPSA) is 74.1 Å². The fraction of sp³-hybridized carbons (Fsp3) is 0. The van der Waals surface area contributed by atoms with E-state index < -0.39 is 5.91 Å². The fourth-order valence-corrected chi connectivity index (χ4v) is 2.41. The summed E-state index contributed by atoms with van der Waals surface area (Å²) in [4.78, 5) is 12.2. The highest BCUT2D eigenvalue weighted by Gasteiger charge is 2.09. The number of rotatable bonds is 6. The molecule has 3 aromatic carbocycles. The van der Waals surface area contributed by atoms with Gasteiger partial charge in [0.25, 0.3) is 5.91 Å². The number of nitriles is 1. The normalized spacial score (nSPS) is 10.6. The maximum absolute atomic E-state index is 12.2. The lowest BCUT2D eigenvalue weighted by atomic mass is 10.2. The van der Waals surface area contributed by atoms with E-state index in [0.717, 1.165) is 5.75 Å². The fourth-order valence-electron chi connectivity index (χ4n) is 2.28. The van der Waals surface area contributed by atoms with E-state index >= 15 is 0 Å². The van der Waals surface area contributed by atoms with Gasteiger partial charge in [0.05, 0.1) is 0 Å². The van der Waals surface area contributed by atoms with E-state index in [-0.39, 0.29) is 5.57 Å². The first-order chi connectivity index (χ1) is 13.6. The number of nitrogens with zero attached hydrogens (tertiary/aromatic N) is 1. The molecular weight excluding hydrogens is 374 g/mol. The molecule has 6 heteroatoms. The van der Waals surface area contributed by atoms with Gasteiger partial charge in [-0.3, -0.25) is 4.79 Å². The van der Waals surface area contributed by atoms with Gasteiger partial charge in [-0.05, 0) is 60.7 Å². The third-order valence-corrected chi connectivity index (χ3v) is 3.94. The summed E-state index contributed by atoms with van der Waals surface area (Å²) in [6.07, 6.45) is 1.36. The van der Waals surface area contributed by atoms with Crippen LogP contribution in [-0.4, -0.2) is 5.91 Å². The minimum Gasteiger partial charge on any atom is -0.457 e. The van der Waals surface area contributed by atoms with Crippen LogP contribution in [0.3, 0.4) is 0 Å². The van der Waals surface area contributed by atoms with Gasteiger partial charge in [0, 0.05) is 22.6 Å². The molecule has 0 unspecified atom stereocenters. The van der Waals surface area contributed by atoms with Crippen LogP contribution in [0.1, 0.15) is 0 Å². The Morgan fingerprint density at radius 2 is 1.50 bits per heavy atom. The van der Waals surface area contributed by atoms with Crippen molar-refractivity contribution in [2.75, 3.05) is 10.6 Å². The molecule has 0 bridgehead atoms. The molecule has 0 saturated carbocycles. The first-order valence-corrected chi connectivity index (χ1v) is 8.78. The molecule has 0 atom stereocenters. The van der Waals surface area contributed by atoms with Crippen molar-refractivity contribution in [2.45, 2.75) is 0 Å². The van der Waals surface area contributed by atoms with Crippen LogP contribution in [-0.2, 0) is 4.79 Å². The maximum Gasteiger partial charge on any atom is 0.267 e. The summed E-state index contributed by atoms with van der Waals surface area (Å²) >= 11 is 5.82. The monoisotopic (exact) mass is 389 g/mol. The lowest BCUT2D eigenvalue weighted by Crippen LogP contribution is -2.14. The third-order valence-electron chi connectivity index (χ3n) is 3.68. The molecule has 0 aliphatic heterocycles. The highest BCUT2D eigenvalue weighted by atomic mass is 35.5. The second-order valence-corrected chi connectivity index (χ2v) is 6.15. The summed E-state index contributed by atoms with van der Waals surface area (Å²) in [5.41, 5.74) is 1.21. The molecule has 1 amide bonds. The Morgan fingerprint density at radius 3 is 2.14 bits per heavy atom. The van der Waals surface area contributed by atoms with E-state index in [1.807, 2.05) is 36.4 Å². The molecule has 0 radical (unpaired) electrons. The third kappa shape index (κ3) is 5.37. The highest BCUT2D eigenvalue weighted by molar-refractivity contribution is 6.30. The van der Waals surface area contributed by atoms with Crippen molar-refractivity contribution >= 4 is 28.9 Å². The lowest BCUT2D eigenvalue weighted by Gasteiger charge is -2.07. The van der Waals surface area contributed by atoms with Crippen molar-refractivity contribution in [3.63, 3.8) is 0 Å². The molecule has 5 nitrogen and oxygen atoms in total. The van der Waals surface area contributed by atoms with E-state index in [2.05, 4.69) is 10.6 Å². The summed E-state index contributed by atoms with van der Waals surface area (Å²) in [6, 6.07) is 25.1. The molecule has 0 fully saturated rings. The Hall–Kier alpha value is -3.75. The van der Waals surface area contributed by atoms with Crippen LogP contribution < -0.4 is 15.4 Å². The Morgan fingerprint density at radius 1 is 0.893 bits per heavy atom. The zero-order chi connectivity index (χ0) is 19.8. The standard InChI is InChI=1S/C22H16ClN3O2/c23-17-6-8-19(9-7-17)26-22(27)16(14-24)15-25-18-10-12-21(13-11-18)28-20-4-2-1-3-5-20/h1-13,15,25H,(H,26,27)/b16-15-. The molecule has 138 valence electrons. The summed E-state index contributed by atoms with van der Waals surface area (Å²) < 4.78 is 5.72. The van der Waals surface area contributed by atoms with Crippen molar-refractivity contribution in [3.05, 3.63) is 95.7 Å². The summed E-state index contributed by atoms with van der Waals surface area (Å²) in [5, 5.41) is 15.4. The molecule has 0 heterocycles. The molecular formula is C22H16ClN3O2. The van der Waals surface area contributed by atoms with Gasteiger partial charge in [-0.2, -0.15) is 5.26 Å². The van der Waals surface area contributed by atoms with E-state index in [0.29, 0.717) is 22.1 Å². The second-order valence-electron chi connectivity index (χ2n) is 5.71. The van der Waals surface area contributed by atoms with Crippen molar-refractivity contribution < 1.29 is 9.53 Å². The van der Waals surface area contributed by atoms with Crippen molar-refractivity contribution in [1.29, 1.82) is 5.26 Å². The van der Waals surface area contributed by atoms with Gasteiger partial charge in [0.2, 0.25) is 0 Å². The number of carbonyl (C=O) groups is 1. The van der Waals surface area contributed by atoms with E-state index in [4.69, 9.17) is 16.3 Å². The minimum absolute atomic E-state index is 0.0560. The van der Waals surface area contributed by atoms with Gasteiger partial charge in [-0.25, -0.2) is 0 Å². The number of hydrogen-bond acceptors (Lipinski definition) is 4. The number of nitrogens with one attached hydrogen (secondary N) is 2. The zero-order valence-electron chi connectivity index (χ0n) is 14.7. The predicted molar refractivity (Wildman–Crippen MR) is 110 cm³/mol. The van der Waals surface area contributed by atoms with Crippen LogP contribution in [0.2, 0.25) is 5.02 Å². The molecule has 0 aromatic heterocycles. The summed E-state index contributed by atoms with van der Waals surface area (Å²) in [5.74, 6) is 0.914. The second kappa shape index (κ2) is 9.26. The number of carbonyl (C=O) groups excluding carboxylic acids is 1. The van der Waals surface area contributed by atoms with Crippen LogP contribution in [0.15, 0.2) is 90.6 Å². The van der Waals surface area contributed by atoms with Crippen LogP contribution >= 0.6 is 11.6 Å². The van der Waals surface area contributed by atoms with Crippen LogP contribution in [0.5, 0.6) is 11.5 Å². The first-order valence-electron chi connectivity index (χ1n) is 8.41. The van der Waals surface area contributed by atoms with Gasteiger partial charge >= 0.3 is 0 Å². The van der Waals surface area contributed by atoms with Crippen LogP contribution in [0.4, 0.5) is 11.4 Å². The maximum atomic E-state index is 12.2. The van der Waals surface area contributed by atoms with Crippen LogP contribution in [0.25, 0.3) is 0 Å². The highest BCUT2D eigenvalue weighted by Crippen LogP contribution is 2.22. The molecule has 28 heavy (non-hydrogen) atoms. The van der Waals surface area contributed by atoms with Crippen molar-refractivity contribution in [1.82, 2.24) is 0 Å². The van der Waals surface area contributed by atoms with E-state index in [1.165, 1.54) is 6.20 Å². The van der Waals surface area contributed by atoms with Gasteiger partial charge in [-0.15, -0.1) is 0 Å². The smallest absolute Gasteiger partial charge is 0.267 e. The number of para-hydroxylation sites is 1. The van der Waals surface area contributed by atoms with E-state index in [1.54, 1.807) is 48.5 Å². The number of ether oxygens (including phenoxy) is 1. The Kier molecular flexibility index (Phi) is 6.29. The number of anilines is 2. The van der Waals surface area contributed by atoms with Crippen molar-refractivity contribution in [3.8, 4) is 17.6 Å². The Bertz CT molecular complexity index is 1010. The Labute approximate surface area is 167 Å². The summed E-state index contributed by atoms with van der Waals surface area (Å²) in [7, 11) is 0. The largest absolute Gasteiger partial charge is 0.457 e. The van der Waals surface area contributed by atoms with Crippen molar-refractivity contribution in [2.24, 2.45) is 0 Å². The number of halogens is 1. The van der Waals surface area contributed by atoms with Crippen LogP contribution in [0, 0.1) is 11.3 Å². The molecule has 0 saturated heterocycles. The van der Waals surface area contributed by atoms with Gasteiger partial charge in [-0.1, -0.05) is 29.8 Å². The average Bonchev–Trinajstić information content (AvgIpc) is 2.72. The molecule has 0 spiro atoms. The number of amides is 1. The SMILES string of the molecule is N#C/C(=C/Nc1ccc(Oc2ccccc2)cc1)C(=O)Nc1ccc(Cl)cc1. The summed E-state index contributed by atoms with van der Waals surface area (Å²) in [6.45, 7) is 0. The molecule has 0 aliphatic rings. The molecule has 2 N–H and O–H groups in total. The Balaban J connectivity index is 1.61. The molecule has 3 aromatic rings. The predicted octanol–water partition coefficient (Wildman–Crippen LogP) is 5.59.